The Bertz CT molecular complexity index is 586. The maximum atomic E-state index is 9.57. The van der Waals surface area contributed by atoms with Crippen molar-refractivity contribution in [3.8, 4) is 11.5 Å². The summed E-state index contributed by atoms with van der Waals surface area (Å²) in [7, 11) is 0. The Morgan fingerprint density at radius 3 is 2.74 bits per heavy atom. The topological polar surface area (TPSA) is 67.5 Å². The Morgan fingerprint density at radius 1 is 1.21 bits per heavy atom. The van der Waals surface area contributed by atoms with Gasteiger partial charge < -0.3 is 20.9 Å². The van der Waals surface area contributed by atoms with E-state index in [4.69, 9.17) is 10.5 Å². The van der Waals surface area contributed by atoms with Gasteiger partial charge in [-0.1, -0.05) is 30.3 Å². The zero-order valence-corrected chi connectivity index (χ0v) is 10.5. The van der Waals surface area contributed by atoms with Gasteiger partial charge in [0.15, 0.2) is 0 Å². The molecule has 4 N–H and O–H groups in total. The van der Waals surface area contributed by atoms with Crippen LogP contribution in [0, 0.1) is 0 Å². The lowest BCUT2D eigenvalue weighted by atomic mass is 9.89. The molecule has 19 heavy (non-hydrogen) atoms. The van der Waals surface area contributed by atoms with Gasteiger partial charge in [0.1, 0.15) is 23.6 Å². The summed E-state index contributed by atoms with van der Waals surface area (Å²) in [6.07, 6.45) is 0. The molecule has 3 rings (SSSR count). The number of aromatic hydroxyl groups is 1. The molecular weight excluding hydrogens is 240 g/mol. The largest absolute Gasteiger partial charge is 0.508 e. The Kier molecular flexibility index (Phi) is 2.80. The quantitative estimate of drug-likeness (QED) is 0.769. The van der Waals surface area contributed by atoms with Crippen molar-refractivity contribution in [2.24, 2.45) is 5.73 Å². The van der Waals surface area contributed by atoms with Crippen molar-refractivity contribution < 1.29 is 9.84 Å². The Hall–Kier alpha value is -2.20. The molecule has 1 unspecified atom stereocenters. The fraction of sp³-hybridized carbons (Fsp3) is 0.200. The van der Waals surface area contributed by atoms with Gasteiger partial charge in [-0.05, 0) is 17.7 Å². The highest BCUT2D eigenvalue weighted by Crippen LogP contribution is 2.38. The van der Waals surface area contributed by atoms with Crippen molar-refractivity contribution in [3.05, 3.63) is 54.1 Å². The molecule has 0 fully saturated rings. The lowest BCUT2D eigenvalue weighted by Crippen LogP contribution is -2.49. The average Bonchev–Trinajstić information content (AvgIpc) is 2.47. The number of benzene rings is 2. The number of phenolic OH excluding ortho intramolecular Hbond substituents is 1. The van der Waals surface area contributed by atoms with E-state index in [1.165, 1.54) is 0 Å². The number of rotatable bonds is 2. The van der Waals surface area contributed by atoms with Gasteiger partial charge in [0.05, 0.1) is 5.69 Å². The van der Waals surface area contributed by atoms with Crippen LogP contribution in [0.2, 0.25) is 0 Å². The second kappa shape index (κ2) is 4.48. The summed E-state index contributed by atoms with van der Waals surface area (Å²) in [5.74, 6) is 0.938. The molecule has 0 radical (unpaired) electrons. The highest BCUT2D eigenvalue weighted by atomic mass is 16.5. The number of anilines is 1. The molecule has 0 saturated carbocycles. The molecular formula is C15H16N2O2. The third-order valence-electron chi connectivity index (χ3n) is 3.49. The summed E-state index contributed by atoms with van der Waals surface area (Å²) < 4.78 is 5.79. The SMILES string of the molecule is NCC1(c2ccccc2)COc2ccc(O)cc2N1. The van der Waals surface area contributed by atoms with Crippen molar-refractivity contribution in [2.75, 3.05) is 18.5 Å². The van der Waals surface area contributed by atoms with E-state index in [1.807, 2.05) is 30.3 Å². The molecule has 4 heteroatoms. The van der Waals surface area contributed by atoms with Crippen molar-refractivity contribution >= 4 is 5.69 Å². The molecule has 0 aromatic heterocycles. The van der Waals surface area contributed by atoms with Crippen molar-refractivity contribution in [1.29, 1.82) is 0 Å². The summed E-state index contributed by atoms with van der Waals surface area (Å²) in [6.45, 7) is 0.872. The Morgan fingerprint density at radius 2 is 2.00 bits per heavy atom. The predicted molar refractivity (Wildman–Crippen MR) is 74.4 cm³/mol. The predicted octanol–water partition coefficient (Wildman–Crippen LogP) is 2.05. The summed E-state index contributed by atoms with van der Waals surface area (Å²) in [4.78, 5) is 0. The van der Waals surface area contributed by atoms with Crippen LogP contribution in [0.15, 0.2) is 48.5 Å². The minimum atomic E-state index is -0.456. The van der Waals surface area contributed by atoms with Crippen LogP contribution in [0.5, 0.6) is 11.5 Å². The van der Waals surface area contributed by atoms with Gasteiger partial charge in [-0.25, -0.2) is 0 Å². The monoisotopic (exact) mass is 256 g/mol. The molecule has 2 aromatic carbocycles. The third kappa shape index (κ3) is 2.00. The standard InChI is InChI=1S/C15H16N2O2/c16-9-15(11-4-2-1-3-5-11)10-19-14-7-6-12(18)8-13(14)17-15/h1-8,17-18H,9-10,16H2. The number of fused-ring (bicyclic) bond motifs is 1. The van der Waals surface area contributed by atoms with Crippen LogP contribution < -0.4 is 15.8 Å². The van der Waals surface area contributed by atoms with Gasteiger partial charge in [-0.3, -0.25) is 0 Å². The molecule has 1 aliphatic heterocycles. The van der Waals surface area contributed by atoms with Crippen molar-refractivity contribution in [2.45, 2.75) is 5.54 Å². The molecule has 0 spiro atoms. The van der Waals surface area contributed by atoms with Gasteiger partial charge in [0.2, 0.25) is 0 Å². The van der Waals surface area contributed by atoms with Crippen molar-refractivity contribution in [3.63, 3.8) is 0 Å². The maximum absolute atomic E-state index is 9.57. The normalized spacial score (nSPS) is 21.1. The van der Waals surface area contributed by atoms with Crippen LogP contribution in [-0.4, -0.2) is 18.3 Å². The summed E-state index contributed by atoms with van der Waals surface area (Å²) >= 11 is 0. The summed E-state index contributed by atoms with van der Waals surface area (Å²) in [5, 5.41) is 13.0. The van der Waals surface area contributed by atoms with E-state index in [1.54, 1.807) is 18.2 Å². The highest BCUT2D eigenvalue weighted by Gasteiger charge is 2.36. The van der Waals surface area contributed by atoms with Crippen LogP contribution in [0.25, 0.3) is 0 Å². The van der Waals surface area contributed by atoms with E-state index in [0.29, 0.717) is 13.2 Å². The number of hydrogen-bond donors (Lipinski definition) is 3. The van der Waals surface area contributed by atoms with Crippen LogP contribution in [0.3, 0.4) is 0 Å². The first kappa shape index (κ1) is 11.9. The smallest absolute Gasteiger partial charge is 0.142 e. The lowest BCUT2D eigenvalue weighted by Gasteiger charge is -2.39. The molecule has 2 aromatic rings. The summed E-state index contributed by atoms with van der Waals surface area (Å²) in [6, 6.07) is 15.0. The van der Waals surface area contributed by atoms with E-state index in [9.17, 15) is 5.11 Å². The van der Waals surface area contributed by atoms with Crippen LogP contribution >= 0.6 is 0 Å². The molecule has 0 saturated heterocycles. The van der Waals surface area contributed by atoms with Crippen LogP contribution in [0.4, 0.5) is 5.69 Å². The molecule has 4 nitrogen and oxygen atoms in total. The highest BCUT2D eigenvalue weighted by molar-refractivity contribution is 5.63. The first-order chi connectivity index (χ1) is 9.23. The third-order valence-corrected chi connectivity index (χ3v) is 3.49. The van der Waals surface area contributed by atoms with Gasteiger partial charge in [0.25, 0.3) is 0 Å². The Labute approximate surface area is 111 Å². The fourth-order valence-corrected chi connectivity index (χ4v) is 2.38. The molecule has 1 heterocycles. The van der Waals surface area contributed by atoms with Crippen LogP contribution in [-0.2, 0) is 5.54 Å². The molecule has 1 aliphatic rings. The average molecular weight is 256 g/mol. The second-order valence-electron chi connectivity index (χ2n) is 4.75. The minimum Gasteiger partial charge on any atom is -0.508 e. The summed E-state index contributed by atoms with van der Waals surface area (Å²) in [5.41, 5.74) is 7.34. The lowest BCUT2D eigenvalue weighted by molar-refractivity contribution is 0.223. The molecule has 0 aliphatic carbocycles. The molecule has 1 atom stereocenters. The van der Waals surface area contributed by atoms with Gasteiger partial charge in [-0.2, -0.15) is 0 Å². The minimum absolute atomic E-state index is 0.204. The second-order valence-corrected chi connectivity index (χ2v) is 4.75. The molecule has 0 bridgehead atoms. The van der Waals surface area contributed by atoms with Gasteiger partial charge in [-0.15, -0.1) is 0 Å². The molecule has 0 amide bonds. The first-order valence-electron chi connectivity index (χ1n) is 6.23. The fourth-order valence-electron chi connectivity index (χ4n) is 2.38. The van der Waals surface area contributed by atoms with Crippen LogP contribution in [0.1, 0.15) is 5.56 Å². The number of ether oxygens (including phenoxy) is 1. The number of nitrogens with two attached hydrogens (primary N) is 1. The van der Waals surface area contributed by atoms with E-state index >= 15 is 0 Å². The van der Waals surface area contributed by atoms with Crippen molar-refractivity contribution in [1.82, 2.24) is 0 Å². The maximum Gasteiger partial charge on any atom is 0.142 e. The number of hydrogen-bond acceptors (Lipinski definition) is 4. The van der Waals surface area contributed by atoms with Gasteiger partial charge >= 0.3 is 0 Å². The number of phenols is 1. The zero-order chi connectivity index (χ0) is 13.3. The number of nitrogens with one attached hydrogen (secondary N) is 1. The van der Waals surface area contributed by atoms with E-state index in [-0.39, 0.29) is 5.75 Å². The van der Waals surface area contributed by atoms with E-state index in [0.717, 1.165) is 17.0 Å². The van der Waals surface area contributed by atoms with E-state index in [2.05, 4.69) is 5.32 Å². The zero-order valence-electron chi connectivity index (χ0n) is 10.5. The molecule has 98 valence electrons. The van der Waals surface area contributed by atoms with E-state index < -0.39 is 5.54 Å². The van der Waals surface area contributed by atoms with Gasteiger partial charge in [0, 0.05) is 12.6 Å². The first-order valence-corrected chi connectivity index (χ1v) is 6.23. The Balaban J connectivity index is 2.02.